The van der Waals surface area contributed by atoms with Crippen molar-refractivity contribution < 1.29 is 19.4 Å². The molecule has 0 aliphatic carbocycles. The molecule has 0 spiro atoms. The Morgan fingerprint density at radius 3 is 2.78 bits per heavy atom. The second-order valence-electron chi connectivity index (χ2n) is 5.57. The van der Waals surface area contributed by atoms with E-state index in [0.717, 1.165) is 0 Å². The summed E-state index contributed by atoms with van der Waals surface area (Å²) in [6.07, 6.45) is -1.10. The minimum atomic E-state index is -0.672. The summed E-state index contributed by atoms with van der Waals surface area (Å²) in [4.78, 5) is 23.4. The van der Waals surface area contributed by atoms with E-state index in [9.17, 15) is 14.7 Å². The topological polar surface area (TPSA) is 87.7 Å². The van der Waals surface area contributed by atoms with Gasteiger partial charge in [0.2, 0.25) is 0 Å². The summed E-state index contributed by atoms with van der Waals surface area (Å²) < 4.78 is 5.57. The first-order chi connectivity index (χ1) is 10.5. The summed E-state index contributed by atoms with van der Waals surface area (Å²) in [6.45, 7) is 4.80. The summed E-state index contributed by atoms with van der Waals surface area (Å²) in [5.41, 5.74) is 0.547. The molecular formula is C16H23ClN2O4. The van der Waals surface area contributed by atoms with Crippen molar-refractivity contribution in [2.24, 2.45) is 5.92 Å². The molecule has 1 aromatic carbocycles. The van der Waals surface area contributed by atoms with Crippen LogP contribution in [0.3, 0.4) is 0 Å². The fraction of sp³-hybridized carbons (Fsp3) is 0.500. The number of carbonyl (C=O) groups excluding carboxylic acids is 2. The fourth-order valence-corrected chi connectivity index (χ4v) is 2.35. The maximum atomic E-state index is 12.0. The monoisotopic (exact) mass is 342 g/mol. The molecule has 0 radical (unpaired) electrons. The Morgan fingerprint density at radius 1 is 1.43 bits per heavy atom. The number of ether oxygens (including phenoxy) is 1. The van der Waals surface area contributed by atoms with Crippen molar-refractivity contribution in [3.05, 3.63) is 29.8 Å². The number of aliphatic hydroxyl groups is 1. The molecule has 1 heterocycles. The molecule has 0 bridgehead atoms. The molecule has 1 aliphatic heterocycles. The number of hydrogen-bond acceptors (Lipinski definition) is 5. The highest BCUT2D eigenvalue weighted by atomic mass is 35.5. The normalized spacial score (nSPS) is 21.2. The summed E-state index contributed by atoms with van der Waals surface area (Å²) >= 11 is 0. The van der Waals surface area contributed by atoms with Crippen LogP contribution in [0.4, 0.5) is 0 Å². The summed E-state index contributed by atoms with van der Waals surface area (Å²) in [6, 6.07) is 6.75. The number of Topliss-reactive ketones (excluding diaryl/α,β-unsaturated/α-hetero) is 1. The van der Waals surface area contributed by atoms with Gasteiger partial charge < -0.3 is 20.5 Å². The van der Waals surface area contributed by atoms with Gasteiger partial charge in [-0.3, -0.25) is 9.59 Å². The van der Waals surface area contributed by atoms with Gasteiger partial charge in [0.1, 0.15) is 5.75 Å². The first-order valence-electron chi connectivity index (χ1n) is 7.41. The van der Waals surface area contributed by atoms with Gasteiger partial charge in [-0.15, -0.1) is 12.4 Å². The molecule has 1 saturated heterocycles. The SMILES string of the molecule is CC(=O)c1cccc(OC(C)C(=O)NCC2CNCC2O)c1.Cl. The Kier molecular flexibility index (Phi) is 7.48. The Morgan fingerprint density at radius 2 is 2.17 bits per heavy atom. The minimum absolute atomic E-state index is 0. The van der Waals surface area contributed by atoms with Gasteiger partial charge in [0.25, 0.3) is 5.91 Å². The molecule has 0 aromatic heterocycles. The van der Waals surface area contributed by atoms with E-state index in [4.69, 9.17) is 4.74 Å². The molecule has 1 aromatic rings. The maximum Gasteiger partial charge on any atom is 0.260 e. The van der Waals surface area contributed by atoms with Gasteiger partial charge in [0.15, 0.2) is 11.9 Å². The Hall–Kier alpha value is -1.63. The molecule has 23 heavy (non-hydrogen) atoms. The van der Waals surface area contributed by atoms with Crippen LogP contribution in [-0.2, 0) is 4.79 Å². The Labute approximate surface area is 142 Å². The highest BCUT2D eigenvalue weighted by Gasteiger charge is 2.26. The van der Waals surface area contributed by atoms with E-state index in [1.54, 1.807) is 31.2 Å². The number of aliphatic hydroxyl groups excluding tert-OH is 1. The Bertz CT molecular complexity index is 553. The number of halogens is 1. The molecule has 1 fully saturated rings. The van der Waals surface area contributed by atoms with Crippen LogP contribution in [0.5, 0.6) is 5.75 Å². The van der Waals surface area contributed by atoms with Crippen LogP contribution in [0.25, 0.3) is 0 Å². The van der Waals surface area contributed by atoms with E-state index >= 15 is 0 Å². The van der Waals surface area contributed by atoms with Crippen molar-refractivity contribution in [1.29, 1.82) is 0 Å². The molecule has 1 aliphatic rings. The summed E-state index contributed by atoms with van der Waals surface area (Å²) in [5.74, 6) is 0.215. The smallest absolute Gasteiger partial charge is 0.260 e. The lowest BCUT2D eigenvalue weighted by Gasteiger charge is -2.18. The molecule has 6 nitrogen and oxygen atoms in total. The lowest BCUT2D eigenvalue weighted by Crippen LogP contribution is -2.41. The molecule has 2 rings (SSSR count). The van der Waals surface area contributed by atoms with E-state index < -0.39 is 12.2 Å². The quantitative estimate of drug-likeness (QED) is 0.665. The Balaban J connectivity index is 0.00000264. The van der Waals surface area contributed by atoms with Gasteiger partial charge in [0.05, 0.1) is 6.10 Å². The number of nitrogens with one attached hydrogen (secondary N) is 2. The van der Waals surface area contributed by atoms with Crippen molar-refractivity contribution >= 4 is 24.1 Å². The third-order valence-electron chi connectivity index (χ3n) is 3.77. The fourth-order valence-electron chi connectivity index (χ4n) is 2.35. The maximum absolute atomic E-state index is 12.0. The zero-order valence-corrected chi connectivity index (χ0v) is 14.1. The van der Waals surface area contributed by atoms with Gasteiger partial charge in [-0.05, 0) is 26.0 Å². The number of carbonyl (C=O) groups is 2. The number of amides is 1. The zero-order chi connectivity index (χ0) is 16.1. The van der Waals surface area contributed by atoms with Gasteiger partial charge in [-0.1, -0.05) is 12.1 Å². The second-order valence-corrected chi connectivity index (χ2v) is 5.57. The lowest BCUT2D eigenvalue weighted by atomic mass is 10.1. The predicted octanol–water partition coefficient (Wildman–Crippen LogP) is 0.775. The molecule has 0 saturated carbocycles. The van der Waals surface area contributed by atoms with Crippen LogP contribution < -0.4 is 15.4 Å². The highest BCUT2D eigenvalue weighted by molar-refractivity contribution is 5.94. The molecule has 3 atom stereocenters. The average Bonchev–Trinajstić information content (AvgIpc) is 2.90. The predicted molar refractivity (Wildman–Crippen MR) is 89.2 cm³/mol. The largest absolute Gasteiger partial charge is 0.481 e. The van der Waals surface area contributed by atoms with E-state index in [1.807, 2.05) is 0 Å². The van der Waals surface area contributed by atoms with Crippen LogP contribution in [0.15, 0.2) is 24.3 Å². The van der Waals surface area contributed by atoms with Gasteiger partial charge in [-0.2, -0.15) is 0 Å². The van der Waals surface area contributed by atoms with E-state index in [1.165, 1.54) is 6.92 Å². The average molecular weight is 343 g/mol. The number of hydrogen-bond donors (Lipinski definition) is 3. The molecule has 3 N–H and O–H groups in total. The highest BCUT2D eigenvalue weighted by Crippen LogP contribution is 2.15. The van der Waals surface area contributed by atoms with Crippen molar-refractivity contribution in [3.8, 4) is 5.75 Å². The van der Waals surface area contributed by atoms with E-state index in [0.29, 0.717) is 30.9 Å². The van der Waals surface area contributed by atoms with Gasteiger partial charge in [0, 0.05) is 31.1 Å². The number of ketones is 1. The van der Waals surface area contributed by atoms with Crippen molar-refractivity contribution in [1.82, 2.24) is 10.6 Å². The van der Waals surface area contributed by atoms with E-state index in [-0.39, 0.29) is 30.0 Å². The first-order valence-corrected chi connectivity index (χ1v) is 7.41. The van der Waals surface area contributed by atoms with E-state index in [2.05, 4.69) is 10.6 Å². The first kappa shape index (κ1) is 19.4. The van der Waals surface area contributed by atoms with Crippen LogP contribution >= 0.6 is 12.4 Å². The minimum Gasteiger partial charge on any atom is -0.481 e. The second kappa shape index (κ2) is 8.86. The van der Waals surface area contributed by atoms with Crippen molar-refractivity contribution in [3.63, 3.8) is 0 Å². The lowest BCUT2D eigenvalue weighted by molar-refractivity contribution is -0.127. The van der Waals surface area contributed by atoms with Gasteiger partial charge in [-0.25, -0.2) is 0 Å². The number of benzene rings is 1. The third kappa shape index (κ3) is 5.49. The summed E-state index contributed by atoms with van der Waals surface area (Å²) in [5, 5.41) is 15.5. The molecule has 3 unspecified atom stereocenters. The molecule has 7 heteroatoms. The molecular weight excluding hydrogens is 320 g/mol. The molecule has 1 amide bonds. The van der Waals surface area contributed by atoms with Crippen molar-refractivity contribution in [2.45, 2.75) is 26.1 Å². The number of rotatable bonds is 6. The zero-order valence-electron chi connectivity index (χ0n) is 13.2. The van der Waals surface area contributed by atoms with Crippen molar-refractivity contribution in [2.75, 3.05) is 19.6 Å². The van der Waals surface area contributed by atoms with Crippen LogP contribution in [0.1, 0.15) is 24.2 Å². The molecule has 128 valence electrons. The van der Waals surface area contributed by atoms with Gasteiger partial charge >= 0.3 is 0 Å². The summed E-state index contributed by atoms with van der Waals surface area (Å²) in [7, 11) is 0. The van der Waals surface area contributed by atoms with Crippen LogP contribution in [-0.4, -0.2) is 48.6 Å². The van der Waals surface area contributed by atoms with Crippen LogP contribution in [0, 0.1) is 5.92 Å². The number of β-amino-alcohol motifs (C(OH)–C–C–N with tert-alkyl or cyclic N) is 1. The standard InChI is InChI=1S/C16H22N2O4.ClH/c1-10(19)12-4-3-5-14(6-12)22-11(2)16(21)18-8-13-7-17-9-15(13)20;/h3-6,11,13,15,17,20H,7-9H2,1-2H3,(H,18,21);1H. The third-order valence-corrected chi connectivity index (χ3v) is 3.77. The van der Waals surface area contributed by atoms with Crippen LogP contribution in [0.2, 0.25) is 0 Å².